The van der Waals surface area contributed by atoms with Gasteiger partial charge in [0.25, 0.3) is 0 Å². The SMILES string of the molecule is CCOC(=O)C(C)Cc1ccc2ncccc2c1. The van der Waals surface area contributed by atoms with Crippen molar-refractivity contribution in [3.63, 3.8) is 0 Å². The van der Waals surface area contributed by atoms with Crippen LogP contribution in [0.3, 0.4) is 0 Å². The molecule has 3 nitrogen and oxygen atoms in total. The number of rotatable bonds is 4. The van der Waals surface area contributed by atoms with Gasteiger partial charge in [0.1, 0.15) is 0 Å². The first-order valence-corrected chi connectivity index (χ1v) is 6.21. The third-order valence-electron chi connectivity index (χ3n) is 2.90. The highest BCUT2D eigenvalue weighted by atomic mass is 16.5. The lowest BCUT2D eigenvalue weighted by atomic mass is 10.00. The summed E-state index contributed by atoms with van der Waals surface area (Å²) in [6.45, 7) is 4.16. The Hall–Kier alpha value is -1.90. The number of hydrogen-bond donors (Lipinski definition) is 0. The summed E-state index contributed by atoms with van der Waals surface area (Å²) in [6, 6.07) is 10.0. The Kier molecular flexibility index (Phi) is 3.92. The first kappa shape index (κ1) is 12.6. The van der Waals surface area contributed by atoms with Crippen molar-refractivity contribution in [2.75, 3.05) is 6.61 Å². The number of pyridine rings is 1. The van der Waals surface area contributed by atoms with E-state index in [4.69, 9.17) is 4.74 Å². The minimum absolute atomic E-state index is 0.112. The highest BCUT2D eigenvalue weighted by Gasteiger charge is 2.14. The first-order valence-electron chi connectivity index (χ1n) is 6.21. The molecule has 0 spiro atoms. The maximum absolute atomic E-state index is 11.6. The van der Waals surface area contributed by atoms with Gasteiger partial charge in [0.2, 0.25) is 0 Å². The van der Waals surface area contributed by atoms with Gasteiger partial charge in [-0.3, -0.25) is 9.78 Å². The van der Waals surface area contributed by atoms with E-state index in [1.54, 1.807) is 6.20 Å². The summed E-state index contributed by atoms with van der Waals surface area (Å²) in [6.07, 6.45) is 2.48. The van der Waals surface area contributed by atoms with Gasteiger partial charge in [0, 0.05) is 11.6 Å². The maximum Gasteiger partial charge on any atom is 0.308 e. The lowest BCUT2D eigenvalue weighted by molar-refractivity contribution is -0.147. The molecule has 0 bridgehead atoms. The topological polar surface area (TPSA) is 39.2 Å². The van der Waals surface area contributed by atoms with Crippen molar-refractivity contribution >= 4 is 16.9 Å². The van der Waals surface area contributed by atoms with Crippen LogP contribution in [0.1, 0.15) is 19.4 Å². The van der Waals surface area contributed by atoms with Crippen LogP contribution >= 0.6 is 0 Å². The lowest BCUT2D eigenvalue weighted by Gasteiger charge is -2.10. The van der Waals surface area contributed by atoms with Crippen LogP contribution in [0.4, 0.5) is 0 Å². The van der Waals surface area contributed by atoms with Crippen molar-refractivity contribution < 1.29 is 9.53 Å². The van der Waals surface area contributed by atoms with E-state index in [1.165, 1.54) is 0 Å². The molecule has 0 amide bonds. The predicted octanol–water partition coefficient (Wildman–Crippen LogP) is 2.98. The van der Waals surface area contributed by atoms with E-state index in [9.17, 15) is 4.79 Å². The number of esters is 1. The van der Waals surface area contributed by atoms with Crippen LogP contribution in [-0.2, 0) is 16.0 Å². The quantitative estimate of drug-likeness (QED) is 0.775. The molecule has 1 atom stereocenters. The zero-order valence-electron chi connectivity index (χ0n) is 10.7. The van der Waals surface area contributed by atoms with E-state index in [0.29, 0.717) is 13.0 Å². The summed E-state index contributed by atoms with van der Waals surface area (Å²) in [7, 11) is 0. The second kappa shape index (κ2) is 5.63. The highest BCUT2D eigenvalue weighted by Crippen LogP contribution is 2.16. The summed E-state index contributed by atoms with van der Waals surface area (Å²) in [4.78, 5) is 15.9. The van der Waals surface area contributed by atoms with Crippen molar-refractivity contribution in [1.29, 1.82) is 0 Å². The zero-order valence-corrected chi connectivity index (χ0v) is 10.7. The number of carbonyl (C=O) groups excluding carboxylic acids is 1. The summed E-state index contributed by atoms with van der Waals surface area (Å²) in [5, 5.41) is 1.10. The molecule has 2 rings (SSSR count). The summed E-state index contributed by atoms with van der Waals surface area (Å²) < 4.78 is 5.01. The van der Waals surface area contributed by atoms with Gasteiger partial charge in [0.05, 0.1) is 18.0 Å². The number of carbonyl (C=O) groups is 1. The fraction of sp³-hybridized carbons (Fsp3) is 0.333. The maximum atomic E-state index is 11.6. The Morgan fingerprint density at radius 2 is 2.22 bits per heavy atom. The van der Waals surface area contributed by atoms with E-state index >= 15 is 0 Å². The Labute approximate surface area is 107 Å². The molecular weight excluding hydrogens is 226 g/mol. The van der Waals surface area contributed by atoms with Crippen LogP contribution in [-0.4, -0.2) is 17.6 Å². The molecule has 18 heavy (non-hydrogen) atoms. The van der Waals surface area contributed by atoms with Gasteiger partial charge in [-0.15, -0.1) is 0 Å². The summed E-state index contributed by atoms with van der Waals surface area (Å²) in [5.41, 5.74) is 2.11. The van der Waals surface area contributed by atoms with Crippen molar-refractivity contribution in [3.8, 4) is 0 Å². The van der Waals surface area contributed by atoms with Crippen LogP contribution in [0, 0.1) is 5.92 Å². The van der Waals surface area contributed by atoms with Gasteiger partial charge in [-0.2, -0.15) is 0 Å². The minimum Gasteiger partial charge on any atom is -0.466 e. The second-order valence-corrected chi connectivity index (χ2v) is 4.39. The van der Waals surface area contributed by atoms with Gasteiger partial charge < -0.3 is 4.74 Å². The Balaban J connectivity index is 2.14. The molecule has 0 fully saturated rings. The molecule has 0 aliphatic rings. The smallest absolute Gasteiger partial charge is 0.308 e. The minimum atomic E-state index is -0.135. The fourth-order valence-corrected chi connectivity index (χ4v) is 1.97. The molecule has 0 aliphatic heterocycles. The lowest BCUT2D eigenvalue weighted by Crippen LogP contribution is -2.16. The standard InChI is InChI=1S/C15H17NO2/c1-3-18-15(17)11(2)9-12-6-7-14-13(10-12)5-4-8-16-14/h4-8,10-11H,3,9H2,1-2H3. The van der Waals surface area contributed by atoms with Crippen LogP contribution in [0.15, 0.2) is 36.5 Å². The molecule has 2 aromatic rings. The summed E-state index contributed by atoms with van der Waals surface area (Å²) >= 11 is 0. The van der Waals surface area contributed by atoms with E-state index < -0.39 is 0 Å². The van der Waals surface area contributed by atoms with Crippen LogP contribution in [0.25, 0.3) is 10.9 Å². The Morgan fingerprint density at radius 1 is 1.39 bits per heavy atom. The molecule has 0 saturated heterocycles. The molecule has 0 aliphatic carbocycles. The van der Waals surface area contributed by atoms with Gasteiger partial charge >= 0.3 is 5.97 Å². The average Bonchev–Trinajstić information content (AvgIpc) is 2.39. The third kappa shape index (κ3) is 2.86. The molecule has 1 heterocycles. The molecule has 94 valence electrons. The van der Waals surface area contributed by atoms with Crippen LogP contribution in [0.2, 0.25) is 0 Å². The average molecular weight is 243 g/mol. The van der Waals surface area contributed by atoms with Crippen molar-refractivity contribution in [1.82, 2.24) is 4.98 Å². The number of fused-ring (bicyclic) bond motifs is 1. The summed E-state index contributed by atoms with van der Waals surface area (Å²) in [5.74, 6) is -0.247. The number of nitrogens with zero attached hydrogens (tertiary/aromatic N) is 1. The molecule has 3 heteroatoms. The van der Waals surface area contributed by atoms with Gasteiger partial charge in [-0.1, -0.05) is 19.1 Å². The highest BCUT2D eigenvalue weighted by molar-refractivity contribution is 5.79. The molecule has 0 saturated carbocycles. The third-order valence-corrected chi connectivity index (χ3v) is 2.90. The van der Waals surface area contributed by atoms with Gasteiger partial charge in [0.15, 0.2) is 0 Å². The van der Waals surface area contributed by atoms with Crippen LogP contribution in [0.5, 0.6) is 0 Å². The Morgan fingerprint density at radius 3 is 3.00 bits per heavy atom. The number of hydrogen-bond acceptors (Lipinski definition) is 3. The number of aromatic nitrogens is 1. The Bertz CT molecular complexity index is 551. The van der Waals surface area contributed by atoms with Crippen LogP contribution < -0.4 is 0 Å². The van der Waals surface area contributed by atoms with Crippen molar-refractivity contribution in [2.45, 2.75) is 20.3 Å². The van der Waals surface area contributed by atoms with Crippen molar-refractivity contribution in [2.24, 2.45) is 5.92 Å². The van der Waals surface area contributed by atoms with E-state index in [0.717, 1.165) is 16.5 Å². The molecular formula is C15H17NO2. The molecule has 0 radical (unpaired) electrons. The van der Waals surface area contributed by atoms with E-state index in [-0.39, 0.29) is 11.9 Å². The largest absolute Gasteiger partial charge is 0.466 e. The first-order chi connectivity index (χ1) is 8.70. The fourth-order valence-electron chi connectivity index (χ4n) is 1.97. The van der Waals surface area contributed by atoms with Crippen molar-refractivity contribution in [3.05, 3.63) is 42.1 Å². The molecule has 0 N–H and O–H groups in total. The second-order valence-electron chi connectivity index (χ2n) is 4.39. The number of benzene rings is 1. The van der Waals surface area contributed by atoms with Gasteiger partial charge in [-0.05, 0) is 37.1 Å². The normalized spacial score (nSPS) is 12.3. The molecule has 1 aromatic carbocycles. The molecule has 1 aromatic heterocycles. The predicted molar refractivity (Wildman–Crippen MR) is 71.2 cm³/mol. The molecule has 1 unspecified atom stereocenters. The zero-order chi connectivity index (χ0) is 13.0. The number of ether oxygens (including phenoxy) is 1. The monoisotopic (exact) mass is 243 g/mol. The van der Waals surface area contributed by atoms with E-state index in [2.05, 4.69) is 11.1 Å². The van der Waals surface area contributed by atoms with E-state index in [1.807, 2.05) is 38.1 Å². The van der Waals surface area contributed by atoms with Gasteiger partial charge in [-0.25, -0.2) is 0 Å².